The lowest BCUT2D eigenvalue weighted by Crippen LogP contribution is -2.28. The van der Waals surface area contributed by atoms with Crippen molar-refractivity contribution in [1.29, 1.82) is 0 Å². The molecule has 1 unspecified atom stereocenters. The van der Waals surface area contributed by atoms with E-state index in [2.05, 4.69) is 31.4 Å². The quantitative estimate of drug-likeness (QED) is 0.359. The van der Waals surface area contributed by atoms with Crippen LogP contribution in [0.2, 0.25) is 0 Å². The Hall–Kier alpha value is -1.06. The maximum absolute atomic E-state index is 5.82. The molecule has 1 aromatic carbocycles. The zero-order valence-corrected chi connectivity index (χ0v) is 13.0. The van der Waals surface area contributed by atoms with E-state index in [1.165, 1.54) is 37.7 Å². The van der Waals surface area contributed by atoms with Gasteiger partial charge in [-0.3, -0.25) is 11.3 Å². The van der Waals surface area contributed by atoms with Crippen molar-refractivity contribution in [3.05, 3.63) is 29.8 Å². The fraction of sp³-hybridized carbons (Fsp3) is 0.647. The number of para-hydroxylation sites is 1. The molecule has 1 rings (SSSR count). The van der Waals surface area contributed by atoms with Crippen molar-refractivity contribution in [3.63, 3.8) is 0 Å². The molecule has 0 spiro atoms. The monoisotopic (exact) mass is 278 g/mol. The molecule has 0 heterocycles. The molecule has 0 aliphatic heterocycles. The minimum Gasteiger partial charge on any atom is -0.493 e. The molecular formula is C17H30N2O. The lowest BCUT2D eigenvalue weighted by molar-refractivity contribution is 0.308. The Morgan fingerprint density at radius 1 is 1.05 bits per heavy atom. The Balaban J connectivity index is 2.55. The topological polar surface area (TPSA) is 47.3 Å². The molecule has 0 aliphatic rings. The Morgan fingerprint density at radius 2 is 1.80 bits per heavy atom. The largest absolute Gasteiger partial charge is 0.493 e. The highest BCUT2D eigenvalue weighted by Gasteiger charge is 2.14. The van der Waals surface area contributed by atoms with Gasteiger partial charge >= 0.3 is 0 Å². The van der Waals surface area contributed by atoms with Gasteiger partial charge in [0.1, 0.15) is 5.75 Å². The van der Waals surface area contributed by atoms with Crippen LogP contribution in [0.15, 0.2) is 24.3 Å². The fourth-order valence-electron chi connectivity index (χ4n) is 2.39. The summed E-state index contributed by atoms with van der Waals surface area (Å²) >= 11 is 0. The van der Waals surface area contributed by atoms with Gasteiger partial charge in [0.15, 0.2) is 0 Å². The zero-order valence-electron chi connectivity index (χ0n) is 13.0. The molecule has 0 fully saturated rings. The minimum atomic E-state index is 0.185. The van der Waals surface area contributed by atoms with Crippen LogP contribution in [0.25, 0.3) is 0 Å². The maximum atomic E-state index is 5.82. The highest BCUT2D eigenvalue weighted by molar-refractivity contribution is 5.35. The van der Waals surface area contributed by atoms with Crippen molar-refractivity contribution in [2.75, 3.05) is 6.61 Å². The number of rotatable bonds is 11. The highest BCUT2D eigenvalue weighted by Crippen LogP contribution is 2.28. The highest BCUT2D eigenvalue weighted by atomic mass is 16.5. The van der Waals surface area contributed by atoms with Crippen molar-refractivity contribution in [3.8, 4) is 5.75 Å². The SMILES string of the molecule is CCCCCCCC(NN)c1ccccc1OCCC. The predicted octanol–water partition coefficient (Wildman–Crippen LogP) is 4.34. The Kier molecular flexibility index (Phi) is 9.09. The number of benzene rings is 1. The molecule has 1 atom stereocenters. The molecule has 3 N–H and O–H groups in total. The summed E-state index contributed by atoms with van der Waals surface area (Å²) in [5.41, 5.74) is 4.13. The first-order valence-corrected chi connectivity index (χ1v) is 8.01. The summed E-state index contributed by atoms with van der Waals surface area (Å²) in [6.07, 6.45) is 8.50. The van der Waals surface area contributed by atoms with E-state index in [4.69, 9.17) is 10.6 Å². The molecule has 3 heteroatoms. The second kappa shape index (κ2) is 10.7. The van der Waals surface area contributed by atoms with Crippen LogP contribution in [0.1, 0.15) is 70.4 Å². The van der Waals surface area contributed by atoms with Gasteiger partial charge in [-0.15, -0.1) is 0 Å². The first kappa shape index (κ1) is 17.0. The van der Waals surface area contributed by atoms with Gasteiger partial charge < -0.3 is 4.74 Å². The van der Waals surface area contributed by atoms with Gasteiger partial charge in [0.2, 0.25) is 0 Å². The summed E-state index contributed by atoms with van der Waals surface area (Å²) in [5, 5.41) is 0. The number of hydrazine groups is 1. The van der Waals surface area contributed by atoms with Crippen LogP contribution in [-0.2, 0) is 0 Å². The number of unbranched alkanes of at least 4 members (excludes halogenated alkanes) is 4. The summed E-state index contributed by atoms with van der Waals surface area (Å²) in [6, 6.07) is 8.40. The molecule has 0 aliphatic carbocycles. The zero-order chi connectivity index (χ0) is 14.6. The molecule has 0 saturated heterocycles. The lowest BCUT2D eigenvalue weighted by atomic mass is 9.99. The molecule has 0 saturated carbocycles. The molecule has 0 radical (unpaired) electrons. The van der Waals surface area contributed by atoms with Crippen LogP contribution >= 0.6 is 0 Å². The van der Waals surface area contributed by atoms with Gasteiger partial charge in [-0.1, -0.05) is 64.2 Å². The summed E-state index contributed by atoms with van der Waals surface area (Å²) in [7, 11) is 0. The normalized spacial score (nSPS) is 12.3. The smallest absolute Gasteiger partial charge is 0.124 e. The van der Waals surface area contributed by atoms with Gasteiger partial charge in [-0.05, 0) is 18.9 Å². The van der Waals surface area contributed by atoms with Gasteiger partial charge in [-0.25, -0.2) is 0 Å². The van der Waals surface area contributed by atoms with Gasteiger partial charge in [0.25, 0.3) is 0 Å². The Labute approximate surface area is 123 Å². The van der Waals surface area contributed by atoms with Crippen LogP contribution in [0.4, 0.5) is 0 Å². The van der Waals surface area contributed by atoms with Crippen molar-refractivity contribution >= 4 is 0 Å². The standard InChI is InChI=1S/C17H30N2O/c1-3-5-6-7-8-12-16(19-18)15-11-9-10-13-17(15)20-14-4-2/h9-11,13,16,19H,3-8,12,14,18H2,1-2H3. The van der Waals surface area contributed by atoms with E-state index in [9.17, 15) is 0 Å². The van der Waals surface area contributed by atoms with E-state index in [1.54, 1.807) is 0 Å². The van der Waals surface area contributed by atoms with Gasteiger partial charge in [-0.2, -0.15) is 0 Å². The number of nitrogens with one attached hydrogen (secondary N) is 1. The Bertz CT molecular complexity index is 355. The van der Waals surface area contributed by atoms with Crippen molar-refractivity contribution in [1.82, 2.24) is 5.43 Å². The van der Waals surface area contributed by atoms with Crippen LogP contribution in [0, 0.1) is 0 Å². The second-order valence-corrected chi connectivity index (χ2v) is 5.31. The van der Waals surface area contributed by atoms with E-state index >= 15 is 0 Å². The molecule has 0 aromatic heterocycles. The number of hydrogen-bond donors (Lipinski definition) is 2. The average Bonchev–Trinajstić information content (AvgIpc) is 2.49. The number of ether oxygens (including phenoxy) is 1. The van der Waals surface area contributed by atoms with Crippen LogP contribution < -0.4 is 16.0 Å². The Morgan fingerprint density at radius 3 is 2.50 bits per heavy atom. The number of hydrogen-bond acceptors (Lipinski definition) is 3. The summed E-state index contributed by atoms with van der Waals surface area (Å²) in [4.78, 5) is 0. The number of nitrogens with two attached hydrogens (primary N) is 1. The molecule has 20 heavy (non-hydrogen) atoms. The fourth-order valence-corrected chi connectivity index (χ4v) is 2.39. The average molecular weight is 278 g/mol. The third-order valence-corrected chi connectivity index (χ3v) is 3.55. The second-order valence-electron chi connectivity index (χ2n) is 5.31. The van der Waals surface area contributed by atoms with Gasteiger partial charge in [0.05, 0.1) is 6.61 Å². The molecule has 0 bridgehead atoms. The van der Waals surface area contributed by atoms with Gasteiger partial charge in [0, 0.05) is 11.6 Å². The summed E-state index contributed by atoms with van der Waals surface area (Å²) < 4.78 is 5.82. The minimum absolute atomic E-state index is 0.185. The lowest BCUT2D eigenvalue weighted by Gasteiger charge is -2.19. The van der Waals surface area contributed by atoms with Crippen LogP contribution in [-0.4, -0.2) is 6.61 Å². The van der Waals surface area contributed by atoms with Crippen molar-refractivity contribution < 1.29 is 4.74 Å². The first-order valence-electron chi connectivity index (χ1n) is 8.01. The maximum Gasteiger partial charge on any atom is 0.124 e. The van der Waals surface area contributed by atoms with Crippen molar-refractivity contribution in [2.45, 2.75) is 64.8 Å². The molecular weight excluding hydrogens is 248 g/mol. The molecule has 114 valence electrons. The first-order chi connectivity index (χ1) is 9.83. The summed E-state index contributed by atoms with van der Waals surface area (Å²) in [5.74, 6) is 6.70. The summed E-state index contributed by atoms with van der Waals surface area (Å²) in [6.45, 7) is 5.12. The van der Waals surface area contributed by atoms with E-state index in [1.807, 2.05) is 12.1 Å². The third kappa shape index (κ3) is 5.93. The van der Waals surface area contributed by atoms with E-state index in [0.29, 0.717) is 0 Å². The molecule has 0 amide bonds. The van der Waals surface area contributed by atoms with E-state index in [-0.39, 0.29) is 6.04 Å². The molecule has 1 aromatic rings. The van der Waals surface area contributed by atoms with E-state index < -0.39 is 0 Å². The van der Waals surface area contributed by atoms with Crippen molar-refractivity contribution in [2.24, 2.45) is 5.84 Å². The predicted molar refractivity (Wildman–Crippen MR) is 85.7 cm³/mol. The van der Waals surface area contributed by atoms with E-state index in [0.717, 1.165) is 25.2 Å². The molecule has 3 nitrogen and oxygen atoms in total. The third-order valence-electron chi connectivity index (χ3n) is 3.55. The van der Waals surface area contributed by atoms with Crippen LogP contribution in [0.3, 0.4) is 0 Å². The van der Waals surface area contributed by atoms with Crippen LogP contribution in [0.5, 0.6) is 5.75 Å².